The van der Waals surface area contributed by atoms with Gasteiger partial charge in [0.25, 0.3) is 5.91 Å². The highest BCUT2D eigenvalue weighted by Gasteiger charge is 2.24. The Morgan fingerprint density at radius 3 is 2.88 bits per heavy atom. The van der Waals surface area contributed by atoms with E-state index in [1.54, 1.807) is 0 Å². The topological polar surface area (TPSA) is 59.9 Å². The molecular formula is C18H14N2O3S. The van der Waals surface area contributed by atoms with Gasteiger partial charge in [0.15, 0.2) is 16.7 Å². The summed E-state index contributed by atoms with van der Waals surface area (Å²) in [5.41, 5.74) is 2.80. The fourth-order valence-corrected chi connectivity index (χ4v) is 3.27. The maximum Gasteiger partial charge on any atom is 0.264 e. The Balaban J connectivity index is 1.59. The molecule has 1 fully saturated rings. The summed E-state index contributed by atoms with van der Waals surface area (Å²) in [6, 6.07) is 13.4. The minimum Gasteiger partial charge on any atom is -0.454 e. The first kappa shape index (κ1) is 14.8. The molecular weight excluding hydrogens is 324 g/mol. The molecule has 0 radical (unpaired) electrons. The molecule has 5 nitrogen and oxygen atoms in total. The molecule has 2 heterocycles. The Morgan fingerprint density at radius 1 is 1.17 bits per heavy atom. The number of carbonyl (C=O) groups is 1. The van der Waals surface area contributed by atoms with Gasteiger partial charge >= 0.3 is 0 Å². The van der Waals surface area contributed by atoms with Crippen LogP contribution in [-0.2, 0) is 4.79 Å². The summed E-state index contributed by atoms with van der Waals surface area (Å²) < 4.78 is 10.7. The molecule has 0 unspecified atom stereocenters. The number of hydrogen-bond acceptors (Lipinski definition) is 5. The Hall–Kier alpha value is -2.73. The highest BCUT2D eigenvalue weighted by atomic mass is 32.2. The molecule has 2 aliphatic rings. The van der Waals surface area contributed by atoms with E-state index in [1.165, 1.54) is 11.8 Å². The number of para-hydroxylation sites is 1. The fourth-order valence-electron chi connectivity index (χ4n) is 2.43. The number of fused-ring (bicyclic) bond motifs is 1. The van der Waals surface area contributed by atoms with E-state index in [2.05, 4.69) is 10.3 Å². The van der Waals surface area contributed by atoms with Gasteiger partial charge in [0.05, 0.1) is 10.6 Å². The van der Waals surface area contributed by atoms with Crippen molar-refractivity contribution in [2.75, 3.05) is 6.79 Å². The van der Waals surface area contributed by atoms with E-state index < -0.39 is 0 Å². The van der Waals surface area contributed by atoms with Crippen LogP contribution < -0.4 is 14.8 Å². The highest BCUT2D eigenvalue weighted by molar-refractivity contribution is 8.18. The summed E-state index contributed by atoms with van der Waals surface area (Å²) in [5, 5.41) is 3.39. The van der Waals surface area contributed by atoms with E-state index in [1.807, 2.05) is 55.5 Å². The number of nitrogens with zero attached hydrogens (tertiary/aromatic N) is 1. The zero-order chi connectivity index (χ0) is 16.5. The lowest BCUT2D eigenvalue weighted by Crippen LogP contribution is -2.19. The lowest BCUT2D eigenvalue weighted by atomic mass is 10.2. The largest absolute Gasteiger partial charge is 0.454 e. The van der Waals surface area contributed by atoms with Gasteiger partial charge in [0.2, 0.25) is 6.79 Å². The average molecular weight is 338 g/mol. The van der Waals surface area contributed by atoms with Gasteiger partial charge in [-0.1, -0.05) is 24.3 Å². The summed E-state index contributed by atoms with van der Waals surface area (Å²) >= 11 is 1.33. The van der Waals surface area contributed by atoms with Crippen LogP contribution in [0.25, 0.3) is 6.08 Å². The van der Waals surface area contributed by atoms with Gasteiger partial charge in [-0.3, -0.25) is 4.79 Å². The molecule has 24 heavy (non-hydrogen) atoms. The van der Waals surface area contributed by atoms with Gasteiger partial charge in [0, 0.05) is 0 Å². The van der Waals surface area contributed by atoms with Crippen molar-refractivity contribution >= 4 is 34.6 Å². The second kappa shape index (κ2) is 6.05. The van der Waals surface area contributed by atoms with Crippen LogP contribution in [0.3, 0.4) is 0 Å². The van der Waals surface area contributed by atoms with Gasteiger partial charge in [-0.25, -0.2) is 4.99 Å². The van der Waals surface area contributed by atoms with E-state index in [-0.39, 0.29) is 12.7 Å². The Labute approximate surface area is 143 Å². The number of ether oxygens (including phenoxy) is 2. The van der Waals surface area contributed by atoms with Crippen LogP contribution in [0, 0.1) is 6.92 Å². The number of thioether (sulfide) groups is 1. The Morgan fingerprint density at radius 2 is 2.00 bits per heavy atom. The van der Waals surface area contributed by atoms with E-state index in [0.717, 1.165) is 22.6 Å². The maximum absolute atomic E-state index is 12.2. The molecule has 0 aliphatic carbocycles. The number of amidine groups is 1. The second-order valence-corrected chi connectivity index (χ2v) is 6.41. The van der Waals surface area contributed by atoms with Crippen molar-refractivity contribution in [3.63, 3.8) is 0 Å². The third-order valence-electron chi connectivity index (χ3n) is 3.68. The standard InChI is InChI=1S/C18H14N2O3S/c1-11-4-2-3-5-13(11)19-18-20-17(21)16(24-18)9-12-6-7-14-15(8-12)23-10-22-14/h2-9H,10H2,1H3,(H,19,20,21)/b16-9-. The van der Waals surface area contributed by atoms with Crippen LogP contribution in [-0.4, -0.2) is 17.9 Å². The van der Waals surface area contributed by atoms with Crippen molar-refractivity contribution < 1.29 is 14.3 Å². The molecule has 0 spiro atoms. The predicted octanol–water partition coefficient (Wildman–Crippen LogP) is 3.62. The molecule has 0 bridgehead atoms. The monoisotopic (exact) mass is 338 g/mol. The SMILES string of the molecule is Cc1ccccc1N=C1NC(=O)/C(=C/c2ccc3c(c2)OCO3)S1. The van der Waals surface area contributed by atoms with Crippen molar-refractivity contribution in [1.82, 2.24) is 5.32 Å². The van der Waals surface area contributed by atoms with Gasteiger partial charge in [-0.15, -0.1) is 0 Å². The first-order chi connectivity index (χ1) is 11.7. The van der Waals surface area contributed by atoms with Gasteiger partial charge in [-0.05, 0) is 54.1 Å². The molecule has 2 aliphatic heterocycles. The molecule has 1 saturated heterocycles. The molecule has 120 valence electrons. The summed E-state index contributed by atoms with van der Waals surface area (Å²) in [6.07, 6.45) is 1.82. The number of aryl methyl sites for hydroxylation is 1. The molecule has 0 atom stereocenters. The first-order valence-electron chi connectivity index (χ1n) is 7.44. The lowest BCUT2D eigenvalue weighted by molar-refractivity contribution is -0.115. The Bertz CT molecular complexity index is 890. The molecule has 2 aromatic rings. The quantitative estimate of drug-likeness (QED) is 0.850. The fraction of sp³-hybridized carbons (Fsp3) is 0.111. The van der Waals surface area contributed by atoms with Crippen molar-refractivity contribution in [2.24, 2.45) is 4.99 Å². The number of amides is 1. The maximum atomic E-state index is 12.2. The number of benzene rings is 2. The van der Waals surface area contributed by atoms with Gasteiger partial charge in [0.1, 0.15) is 0 Å². The molecule has 0 aromatic heterocycles. The van der Waals surface area contributed by atoms with Crippen molar-refractivity contribution in [1.29, 1.82) is 0 Å². The summed E-state index contributed by atoms with van der Waals surface area (Å²) in [4.78, 5) is 17.3. The Kier molecular flexibility index (Phi) is 3.74. The number of nitrogens with one attached hydrogen (secondary N) is 1. The van der Waals surface area contributed by atoms with Crippen LogP contribution in [0.4, 0.5) is 5.69 Å². The minimum atomic E-state index is -0.148. The molecule has 6 heteroatoms. The third kappa shape index (κ3) is 2.88. The smallest absolute Gasteiger partial charge is 0.264 e. The van der Waals surface area contributed by atoms with Crippen molar-refractivity contribution in [3.8, 4) is 11.5 Å². The summed E-state index contributed by atoms with van der Waals surface area (Å²) in [7, 11) is 0. The highest BCUT2D eigenvalue weighted by Crippen LogP contribution is 2.35. The van der Waals surface area contributed by atoms with Gasteiger partial charge < -0.3 is 14.8 Å². The predicted molar refractivity (Wildman–Crippen MR) is 94.5 cm³/mol. The van der Waals surface area contributed by atoms with Gasteiger partial charge in [-0.2, -0.15) is 0 Å². The number of hydrogen-bond donors (Lipinski definition) is 1. The molecule has 1 amide bonds. The molecule has 1 N–H and O–H groups in total. The lowest BCUT2D eigenvalue weighted by Gasteiger charge is -2.00. The summed E-state index contributed by atoms with van der Waals surface area (Å²) in [5.74, 6) is 1.27. The van der Waals surface area contributed by atoms with Crippen LogP contribution >= 0.6 is 11.8 Å². The van der Waals surface area contributed by atoms with Crippen molar-refractivity contribution in [3.05, 3.63) is 58.5 Å². The van der Waals surface area contributed by atoms with Crippen molar-refractivity contribution in [2.45, 2.75) is 6.92 Å². The minimum absolute atomic E-state index is 0.148. The van der Waals surface area contributed by atoms with E-state index in [4.69, 9.17) is 9.47 Å². The van der Waals surface area contributed by atoms with Crippen LogP contribution in [0.1, 0.15) is 11.1 Å². The number of carbonyl (C=O) groups excluding carboxylic acids is 1. The molecule has 4 rings (SSSR count). The van der Waals surface area contributed by atoms with Crippen LogP contribution in [0.5, 0.6) is 11.5 Å². The van der Waals surface area contributed by atoms with Crippen LogP contribution in [0.2, 0.25) is 0 Å². The number of aliphatic imine (C=N–C) groups is 1. The molecule has 0 saturated carbocycles. The second-order valence-electron chi connectivity index (χ2n) is 5.38. The van der Waals surface area contributed by atoms with E-state index in [9.17, 15) is 4.79 Å². The average Bonchev–Trinajstić information content (AvgIpc) is 3.16. The zero-order valence-corrected chi connectivity index (χ0v) is 13.7. The summed E-state index contributed by atoms with van der Waals surface area (Å²) in [6.45, 7) is 2.22. The normalized spacial score (nSPS) is 19.1. The van der Waals surface area contributed by atoms with Crippen LogP contribution in [0.15, 0.2) is 52.4 Å². The third-order valence-corrected chi connectivity index (χ3v) is 4.59. The first-order valence-corrected chi connectivity index (χ1v) is 8.25. The van der Waals surface area contributed by atoms with E-state index in [0.29, 0.717) is 15.8 Å². The number of rotatable bonds is 2. The zero-order valence-electron chi connectivity index (χ0n) is 12.9. The molecule has 2 aromatic carbocycles. The van der Waals surface area contributed by atoms with E-state index >= 15 is 0 Å².